The maximum atomic E-state index is 12.4. The summed E-state index contributed by atoms with van der Waals surface area (Å²) in [5, 5.41) is 9.53. The Bertz CT molecular complexity index is 851. The van der Waals surface area contributed by atoms with Crippen LogP contribution in [0.2, 0.25) is 0 Å². The van der Waals surface area contributed by atoms with Crippen LogP contribution in [0.3, 0.4) is 0 Å². The molecule has 0 unspecified atom stereocenters. The average molecular weight is 411 g/mol. The first-order valence-corrected chi connectivity index (χ1v) is 10.7. The number of nitrogens with zero attached hydrogens (tertiary/aromatic N) is 3. The zero-order chi connectivity index (χ0) is 21.7. The lowest BCUT2D eigenvalue weighted by molar-refractivity contribution is 0.246. The van der Waals surface area contributed by atoms with Crippen LogP contribution in [0.25, 0.3) is 0 Å². The molecule has 3 rings (SSSR count). The number of benzene rings is 1. The summed E-state index contributed by atoms with van der Waals surface area (Å²) in [4.78, 5) is 23.2. The molecule has 1 heterocycles. The van der Waals surface area contributed by atoms with E-state index in [0.717, 1.165) is 48.3 Å². The summed E-state index contributed by atoms with van der Waals surface area (Å²) in [6.07, 6.45) is 6.05. The van der Waals surface area contributed by atoms with Gasteiger partial charge >= 0.3 is 6.03 Å². The largest absolute Gasteiger partial charge is 0.363 e. The fourth-order valence-corrected chi connectivity index (χ4v) is 4.13. The number of rotatable bonds is 6. The molecule has 1 aromatic heterocycles. The zero-order valence-electron chi connectivity index (χ0n) is 18.7. The minimum absolute atomic E-state index is 0.126. The number of anilines is 3. The van der Waals surface area contributed by atoms with Gasteiger partial charge in [-0.2, -0.15) is 4.98 Å². The summed E-state index contributed by atoms with van der Waals surface area (Å²) in [6.45, 7) is 6.83. The molecule has 0 atom stereocenters. The molecule has 3 N–H and O–H groups in total. The van der Waals surface area contributed by atoms with E-state index in [4.69, 9.17) is 0 Å². The first-order chi connectivity index (χ1) is 14.3. The second-order valence-corrected chi connectivity index (χ2v) is 8.60. The van der Waals surface area contributed by atoms with Crippen LogP contribution in [-0.2, 0) is 0 Å². The highest BCUT2D eigenvalue weighted by Gasteiger charge is 2.22. The molecule has 7 heteroatoms. The molecule has 0 radical (unpaired) electrons. The Kier molecular flexibility index (Phi) is 7.13. The molecule has 0 spiro atoms. The topological polar surface area (TPSA) is 82.2 Å². The van der Waals surface area contributed by atoms with Crippen LogP contribution >= 0.6 is 0 Å². The lowest BCUT2D eigenvalue weighted by Gasteiger charge is -2.29. The van der Waals surface area contributed by atoms with Gasteiger partial charge in [0.15, 0.2) is 0 Å². The molecule has 0 aliphatic heterocycles. The fourth-order valence-electron chi connectivity index (χ4n) is 4.13. The van der Waals surface area contributed by atoms with Crippen molar-refractivity contribution in [1.29, 1.82) is 0 Å². The second kappa shape index (κ2) is 9.78. The average Bonchev–Trinajstić information content (AvgIpc) is 2.70. The summed E-state index contributed by atoms with van der Waals surface area (Å²) >= 11 is 0. The van der Waals surface area contributed by atoms with Gasteiger partial charge < -0.3 is 20.9 Å². The van der Waals surface area contributed by atoms with E-state index in [2.05, 4.69) is 45.0 Å². The van der Waals surface area contributed by atoms with Crippen LogP contribution in [0.15, 0.2) is 24.4 Å². The zero-order valence-corrected chi connectivity index (χ0v) is 18.7. The van der Waals surface area contributed by atoms with E-state index < -0.39 is 0 Å². The van der Waals surface area contributed by atoms with E-state index in [1.165, 1.54) is 5.56 Å². The number of hydrogen-bond donors (Lipinski definition) is 3. The highest BCUT2D eigenvalue weighted by atomic mass is 16.2. The smallest absolute Gasteiger partial charge is 0.319 e. The summed E-state index contributed by atoms with van der Waals surface area (Å²) in [7, 11) is 3.95. The number of aromatic nitrogens is 2. The maximum absolute atomic E-state index is 12.4. The van der Waals surface area contributed by atoms with Gasteiger partial charge in [0, 0.05) is 38.6 Å². The molecule has 30 heavy (non-hydrogen) atoms. The molecule has 2 amide bonds. The van der Waals surface area contributed by atoms with Crippen molar-refractivity contribution in [3.63, 3.8) is 0 Å². The summed E-state index contributed by atoms with van der Waals surface area (Å²) in [5.41, 5.74) is 4.30. The van der Waals surface area contributed by atoms with Crippen LogP contribution in [-0.4, -0.2) is 42.7 Å². The first-order valence-electron chi connectivity index (χ1n) is 10.7. The maximum Gasteiger partial charge on any atom is 0.319 e. The molecule has 2 aromatic rings. The molecule has 0 saturated heterocycles. The lowest BCUT2D eigenvalue weighted by Crippen LogP contribution is -2.36. The Morgan fingerprint density at radius 2 is 1.77 bits per heavy atom. The molecule has 7 nitrogen and oxygen atoms in total. The van der Waals surface area contributed by atoms with Crippen LogP contribution < -0.4 is 20.9 Å². The van der Waals surface area contributed by atoms with Gasteiger partial charge in [0.2, 0.25) is 5.95 Å². The van der Waals surface area contributed by atoms with Crippen molar-refractivity contribution in [2.24, 2.45) is 5.92 Å². The summed E-state index contributed by atoms with van der Waals surface area (Å²) in [6, 6.07) is 6.34. The van der Waals surface area contributed by atoms with Crippen molar-refractivity contribution in [1.82, 2.24) is 15.3 Å². The van der Waals surface area contributed by atoms with Crippen molar-refractivity contribution >= 4 is 23.5 Å². The highest BCUT2D eigenvalue weighted by Crippen LogP contribution is 2.26. The molecule has 0 bridgehead atoms. The van der Waals surface area contributed by atoms with E-state index in [0.29, 0.717) is 24.5 Å². The van der Waals surface area contributed by atoms with Crippen molar-refractivity contribution < 1.29 is 4.79 Å². The van der Waals surface area contributed by atoms with E-state index in [-0.39, 0.29) is 6.03 Å². The van der Waals surface area contributed by atoms with Crippen LogP contribution in [0.4, 0.5) is 22.2 Å². The van der Waals surface area contributed by atoms with Crippen molar-refractivity contribution in [3.8, 4) is 0 Å². The minimum atomic E-state index is -0.126. The van der Waals surface area contributed by atoms with Crippen LogP contribution in [0, 0.1) is 26.7 Å². The van der Waals surface area contributed by atoms with Gasteiger partial charge in [0.1, 0.15) is 5.82 Å². The normalized spacial score (nSPS) is 18.6. The molecule has 1 aliphatic carbocycles. The van der Waals surface area contributed by atoms with Gasteiger partial charge in [-0.15, -0.1) is 0 Å². The molecular formula is C23H34N6O. The number of aryl methyl sites for hydroxylation is 3. The van der Waals surface area contributed by atoms with Gasteiger partial charge in [0.25, 0.3) is 0 Å². The fraction of sp³-hybridized carbons (Fsp3) is 0.522. The number of nitrogens with one attached hydrogen (secondary N) is 3. The third kappa shape index (κ3) is 5.84. The highest BCUT2D eigenvalue weighted by molar-refractivity contribution is 5.91. The van der Waals surface area contributed by atoms with Crippen LogP contribution in [0.5, 0.6) is 0 Å². The number of amides is 2. The molecule has 1 aromatic carbocycles. The van der Waals surface area contributed by atoms with Gasteiger partial charge in [-0.05, 0) is 69.6 Å². The van der Waals surface area contributed by atoms with Crippen LogP contribution in [0.1, 0.15) is 42.4 Å². The Morgan fingerprint density at radius 1 is 1.10 bits per heavy atom. The number of carbonyl (C=O) groups excluding carboxylic acids is 1. The summed E-state index contributed by atoms with van der Waals surface area (Å²) < 4.78 is 0. The predicted octanol–water partition coefficient (Wildman–Crippen LogP) is 4.26. The monoisotopic (exact) mass is 410 g/mol. The molecule has 1 saturated carbocycles. The van der Waals surface area contributed by atoms with Crippen molar-refractivity contribution in [2.45, 2.75) is 52.5 Å². The third-order valence-corrected chi connectivity index (χ3v) is 5.75. The molecular weight excluding hydrogens is 376 g/mol. The van der Waals surface area contributed by atoms with E-state index >= 15 is 0 Å². The number of hydrogen-bond acceptors (Lipinski definition) is 5. The first kappa shape index (κ1) is 21.9. The van der Waals surface area contributed by atoms with Gasteiger partial charge in [-0.3, -0.25) is 0 Å². The van der Waals surface area contributed by atoms with Gasteiger partial charge in [-0.1, -0.05) is 17.7 Å². The van der Waals surface area contributed by atoms with Crippen molar-refractivity contribution in [3.05, 3.63) is 41.1 Å². The Hall–Kier alpha value is -2.83. The quantitative estimate of drug-likeness (QED) is 0.663. The second-order valence-electron chi connectivity index (χ2n) is 8.60. The SMILES string of the molecule is Cc1cc(C)c(NC(=O)NCC2CCC(Nc3nccc(N(C)C)n3)CC2)c(C)c1. The van der Waals surface area contributed by atoms with E-state index in [1.54, 1.807) is 6.20 Å². The number of urea groups is 1. The van der Waals surface area contributed by atoms with E-state index in [9.17, 15) is 4.79 Å². The minimum Gasteiger partial charge on any atom is -0.363 e. The predicted molar refractivity (Wildman–Crippen MR) is 123 cm³/mol. The molecule has 162 valence electrons. The summed E-state index contributed by atoms with van der Waals surface area (Å²) in [5.74, 6) is 2.09. The lowest BCUT2D eigenvalue weighted by atomic mass is 9.86. The molecule has 1 aliphatic rings. The van der Waals surface area contributed by atoms with E-state index in [1.807, 2.05) is 38.9 Å². The Morgan fingerprint density at radius 3 is 2.40 bits per heavy atom. The molecule has 1 fully saturated rings. The van der Waals surface area contributed by atoms with Crippen molar-refractivity contribution in [2.75, 3.05) is 36.2 Å². The Balaban J connectivity index is 1.43. The van der Waals surface area contributed by atoms with Gasteiger partial charge in [0.05, 0.1) is 0 Å². The number of carbonyl (C=O) groups is 1. The Labute approximate surface area is 179 Å². The van der Waals surface area contributed by atoms with Gasteiger partial charge in [-0.25, -0.2) is 9.78 Å². The standard InChI is InChI=1S/C23H34N6O/c1-15-12-16(2)21(17(3)13-15)28-23(30)25-14-18-6-8-19(9-7-18)26-22-24-11-10-20(27-22)29(4)5/h10-13,18-19H,6-9,14H2,1-5H3,(H,24,26,27)(H2,25,28,30). The third-order valence-electron chi connectivity index (χ3n) is 5.75.